The van der Waals surface area contributed by atoms with Crippen LogP contribution in [0.4, 0.5) is 8.78 Å². The molecule has 1 aromatic carbocycles. The molecule has 6 heteroatoms. The van der Waals surface area contributed by atoms with Gasteiger partial charge in [-0.3, -0.25) is 4.90 Å². The summed E-state index contributed by atoms with van der Waals surface area (Å²) in [6.45, 7) is 3.67. The Morgan fingerprint density at radius 1 is 1.27 bits per heavy atom. The van der Waals surface area contributed by atoms with Gasteiger partial charge in [0, 0.05) is 45.4 Å². The van der Waals surface area contributed by atoms with Gasteiger partial charge in [-0.25, -0.2) is 13.8 Å². The maximum absolute atomic E-state index is 13.4. The summed E-state index contributed by atoms with van der Waals surface area (Å²) in [4.78, 5) is 6.41. The van der Waals surface area contributed by atoms with E-state index in [9.17, 15) is 8.78 Å². The zero-order chi connectivity index (χ0) is 15.5. The lowest BCUT2D eigenvalue weighted by atomic mass is 10.1. The second kappa shape index (κ2) is 6.54. The van der Waals surface area contributed by atoms with Crippen LogP contribution in [0, 0.1) is 17.6 Å². The fourth-order valence-corrected chi connectivity index (χ4v) is 3.00. The highest BCUT2D eigenvalue weighted by atomic mass is 19.2. The Kier molecular flexibility index (Phi) is 4.49. The summed E-state index contributed by atoms with van der Waals surface area (Å²) in [5.74, 6) is -1.27. The topological polar surface area (TPSA) is 30.3 Å². The summed E-state index contributed by atoms with van der Waals surface area (Å²) >= 11 is 0. The molecule has 0 saturated carbocycles. The Morgan fingerprint density at radius 3 is 2.91 bits per heavy atom. The molecule has 0 bridgehead atoms. The number of aromatic nitrogens is 2. The lowest BCUT2D eigenvalue weighted by Gasteiger charge is -2.23. The molecule has 2 heterocycles. The Balaban J connectivity index is 1.78. The van der Waals surface area contributed by atoms with Gasteiger partial charge in [0.1, 0.15) is 0 Å². The lowest BCUT2D eigenvalue weighted by molar-refractivity contribution is 0.115. The molecule has 0 spiro atoms. The van der Waals surface area contributed by atoms with Gasteiger partial charge >= 0.3 is 0 Å². The molecule has 2 aromatic rings. The van der Waals surface area contributed by atoms with Crippen molar-refractivity contribution < 1.29 is 13.5 Å². The molecule has 1 aliphatic heterocycles. The van der Waals surface area contributed by atoms with Crippen molar-refractivity contribution in [3.05, 3.63) is 53.6 Å². The van der Waals surface area contributed by atoms with Gasteiger partial charge in [0.2, 0.25) is 0 Å². The molecular weight excluding hydrogens is 288 g/mol. The number of halogens is 2. The Bertz CT molecular complexity index is 644. The maximum atomic E-state index is 13.4. The van der Waals surface area contributed by atoms with Gasteiger partial charge in [-0.2, -0.15) is 0 Å². The van der Waals surface area contributed by atoms with Crippen molar-refractivity contribution in [2.75, 3.05) is 20.3 Å². The number of rotatable bonds is 4. The minimum Gasteiger partial charge on any atom is -0.384 e. The molecule has 1 aromatic heterocycles. The molecule has 118 valence electrons. The van der Waals surface area contributed by atoms with Gasteiger partial charge in [-0.15, -0.1) is 0 Å². The van der Waals surface area contributed by atoms with Crippen molar-refractivity contribution >= 4 is 0 Å². The van der Waals surface area contributed by atoms with Crippen LogP contribution in [0.5, 0.6) is 0 Å². The van der Waals surface area contributed by atoms with E-state index in [4.69, 9.17) is 4.74 Å². The van der Waals surface area contributed by atoms with Gasteiger partial charge in [0.15, 0.2) is 11.6 Å². The van der Waals surface area contributed by atoms with E-state index in [-0.39, 0.29) is 0 Å². The summed E-state index contributed by atoms with van der Waals surface area (Å²) in [6.07, 6.45) is 3.69. The van der Waals surface area contributed by atoms with Crippen molar-refractivity contribution in [3.63, 3.8) is 0 Å². The molecule has 1 atom stereocenters. The SMILES string of the molecule is COCC1CN(Cc2ccc(F)c(F)c2)Cc2cncn2C1. The summed E-state index contributed by atoms with van der Waals surface area (Å²) in [7, 11) is 1.69. The van der Waals surface area contributed by atoms with Crippen molar-refractivity contribution in [2.45, 2.75) is 19.6 Å². The van der Waals surface area contributed by atoms with Gasteiger partial charge < -0.3 is 9.30 Å². The van der Waals surface area contributed by atoms with E-state index >= 15 is 0 Å². The zero-order valence-corrected chi connectivity index (χ0v) is 12.5. The molecule has 0 saturated heterocycles. The van der Waals surface area contributed by atoms with Gasteiger partial charge in [0.05, 0.1) is 18.6 Å². The van der Waals surface area contributed by atoms with Crippen LogP contribution in [0.2, 0.25) is 0 Å². The quantitative estimate of drug-likeness (QED) is 0.869. The molecule has 0 fully saturated rings. The van der Waals surface area contributed by atoms with Gasteiger partial charge in [-0.1, -0.05) is 6.07 Å². The number of hydrogen-bond acceptors (Lipinski definition) is 3. The third-order valence-electron chi connectivity index (χ3n) is 3.95. The predicted octanol–water partition coefficient (Wildman–Crippen LogP) is 2.44. The van der Waals surface area contributed by atoms with Crippen LogP contribution in [0.15, 0.2) is 30.7 Å². The van der Waals surface area contributed by atoms with E-state index in [1.165, 1.54) is 12.1 Å². The minimum atomic E-state index is -0.810. The van der Waals surface area contributed by atoms with Crippen molar-refractivity contribution in [2.24, 2.45) is 5.92 Å². The first-order valence-corrected chi connectivity index (χ1v) is 7.30. The second-order valence-corrected chi connectivity index (χ2v) is 5.78. The molecule has 4 nitrogen and oxygen atoms in total. The summed E-state index contributed by atoms with van der Waals surface area (Å²) < 4.78 is 33.8. The third-order valence-corrected chi connectivity index (χ3v) is 3.95. The van der Waals surface area contributed by atoms with Crippen LogP contribution >= 0.6 is 0 Å². The fraction of sp³-hybridized carbons (Fsp3) is 0.438. The Hall–Kier alpha value is -1.79. The second-order valence-electron chi connectivity index (χ2n) is 5.78. The number of benzene rings is 1. The van der Waals surface area contributed by atoms with Crippen LogP contribution in [0.3, 0.4) is 0 Å². The molecule has 22 heavy (non-hydrogen) atoms. The molecule has 0 amide bonds. The number of nitrogens with zero attached hydrogens (tertiary/aromatic N) is 3. The molecule has 0 aliphatic carbocycles. The average molecular weight is 307 g/mol. The zero-order valence-electron chi connectivity index (χ0n) is 12.5. The van der Waals surface area contributed by atoms with Crippen LogP contribution in [-0.2, 0) is 24.4 Å². The smallest absolute Gasteiger partial charge is 0.159 e. The van der Waals surface area contributed by atoms with E-state index < -0.39 is 11.6 Å². The van der Waals surface area contributed by atoms with E-state index in [2.05, 4.69) is 14.5 Å². The van der Waals surface area contributed by atoms with E-state index in [1.807, 2.05) is 12.5 Å². The number of methoxy groups -OCH3 is 1. The summed E-state index contributed by atoms with van der Waals surface area (Å²) in [6, 6.07) is 4.08. The van der Waals surface area contributed by atoms with Crippen molar-refractivity contribution in [1.82, 2.24) is 14.5 Å². The maximum Gasteiger partial charge on any atom is 0.159 e. The first-order chi connectivity index (χ1) is 10.7. The van der Waals surface area contributed by atoms with Crippen molar-refractivity contribution in [1.29, 1.82) is 0 Å². The number of hydrogen-bond donors (Lipinski definition) is 0. The Labute approximate surface area is 128 Å². The van der Waals surface area contributed by atoms with Crippen LogP contribution in [0.1, 0.15) is 11.3 Å². The third kappa shape index (κ3) is 3.34. The first-order valence-electron chi connectivity index (χ1n) is 7.30. The van der Waals surface area contributed by atoms with E-state index in [0.717, 1.165) is 30.9 Å². The average Bonchev–Trinajstić information content (AvgIpc) is 2.83. The van der Waals surface area contributed by atoms with E-state index in [1.54, 1.807) is 13.2 Å². The van der Waals surface area contributed by atoms with Gasteiger partial charge in [0.25, 0.3) is 0 Å². The predicted molar refractivity (Wildman–Crippen MR) is 78.1 cm³/mol. The van der Waals surface area contributed by atoms with E-state index in [0.29, 0.717) is 19.1 Å². The number of fused-ring (bicyclic) bond motifs is 1. The van der Waals surface area contributed by atoms with Crippen molar-refractivity contribution in [3.8, 4) is 0 Å². The highest BCUT2D eigenvalue weighted by Crippen LogP contribution is 2.19. The first kappa shape index (κ1) is 15.1. The highest BCUT2D eigenvalue weighted by molar-refractivity contribution is 5.18. The van der Waals surface area contributed by atoms with Crippen LogP contribution in [-0.4, -0.2) is 34.7 Å². The molecule has 0 N–H and O–H groups in total. The standard InChI is InChI=1S/C16H19F2N3O/c1-22-10-13-7-20(9-14-5-19-11-21(14)8-13)6-12-2-3-15(17)16(18)4-12/h2-5,11,13H,6-10H2,1H3. The molecular formula is C16H19F2N3O. The largest absolute Gasteiger partial charge is 0.384 e. The number of ether oxygens (including phenoxy) is 1. The van der Waals surface area contributed by atoms with Crippen LogP contribution in [0.25, 0.3) is 0 Å². The van der Waals surface area contributed by atoms with Gasteiger partial charge in [-0.05, 0) is 17.7 Å². The molecule has 3 rings (SSSR count). The minimum absolute atomic E-state index is 0.339. The molecule has 1 unspecified atom stereocenters. The Morgan fingerprint density at radius 2 is 2.14 bits per heavy atom. The summed E-state index contributed by atoms with van der Waals surface area (Å²) in [5, 5.41) is 0. The molecule has 1 aliphatic rings. The molecule has 0 radical (unpaired) electrons. The number of imidazole rings is 1. The summed E-state index contributed by atoms with van der Waals surface area (Å²) in [5.41, 5.74) is 1.89. The normalized spacial score (nSPS) is 19.0. The monoisotopic (exact) mass is 307 g/mol. The lowest BCUT2D eigenvalue weighted by Crippen LogP contribution is -2.29. The van der Waals surface area contributed by atoms with Crippen LogP contribution < -0.4 is 0 Å². The highest BCUT2D eigenvalue weighted by Gasteiger charge is 2.22. The fourth-order valence-electron chi connectivity index (χ4n) is 3.00.